The number of nitrogens with zero attached hydrogens (tertiary/aromatic N) is 2. The lowest BCUT2D eigenvalue weighted by Gasteiger charge is -1.69. The van der Waals surface area contributed by atoms with Crippen molar-refractivity contribution in [3.63, 3.8) is 0 Å². The first-order valence-electron chi connectivity index (χ1n) is 2.22. The van der Waals surface area contributed by atoms with Gasteiger partial charge in [0.2, 0.25) is 0 Å². The highest BCUT2D eigenvalue weighted by Gasteiger charge is 2.09. The van der Waals surface area contributed by atoms with Crippen LogP contribution >= 0.6 is 0 Å². The molecule has 1 heterocycles. The van der Waals surface area contributed by atoms with Crippen molar-refractivity contribution in [1.82, 2.24) is 0 Å². The largest absolute Gasteiger partial charge is 0.343 e. The standard InChI is InChI=1S/C5H7N2/c1-4-3-6-7-5(4)2/h3H,1-2H3/q+1. The lowest BCUT2D eigenvalue weighted by Crippen LogP contribution is -1.88. The normalized spacial score (nSPS) is 16.9. The minimum Gasteiger partial charge on any atom is -0.0304 e. The van der Waals surface area contributed by atoms with E-state index in [1.165, 1.54) is 5.57 Å². The maximum atomic E-state index is 3.77. The second-order valence-electron chi connectivity index (χ2n) is 1.61. The minimum atomic E-state index is 1.03. The van der Waals surface area contributed by atoms with Crippen LogP contribution in [0.3, 0.4) is 0 Å². The Kier molecular flexibility index (Phi) is 0.807. The average molecular weight is 95.1 g/mol. The second-order valence-corrected chi connectivity index (χ2v) is 1.61. The molecule has 0 unspecified atom stereocenters. The molecule has 0 amide bonds. The fourth-order valence-corrected chi connectivity index (χ4v) is 0.374. The van der Waals surface area contributed by atoms with Gasteiger partial charge in [0.15, 0.2) is 0 Å². The van der Waals surface area contributed by atoms with Crippen LogP contribution in [-0.4, -0.2) is 10.5 Å². The van der Waals surface area contributed by atoms with Crippen molar-refractivity contribution in [1.29, 1.82) is 0 Å². The highest BCUT2D eigenvalue weighted by atomic mass is 15.0. The molecule has 1 aliphatic rings. The molecular weight excluding hydrogens is 88.1 g/mol. The highest BCUT2D eigenvalue weighted by molar-refractivity contribution is 5.93. The van der Waals surface area contributed by atoms with Crippen molar-refractivity contribution in [2.24, 2.45) is 5.11 Å². The molecule has 0 saturated carbocycles. The van der Waals surface area contributed by atoms with Crippen LogP contribution in [0.5, 0.6) is 0 Å². The van der Waals surface area contributed by atoms with Crippen LogP contribution in [0.1, 0.15) is 13.8 Å². The Balaban J connectivity index is 2.97. The second kappa shape index (κ2) is 1.32. The van der Waals surface area contributed by atoms with E-state index in [1.54, 1.807) is 6.20 Å². The van der Waals surface area contributed by atoms with Crippen LogP contribution in [-0.2, 0) is 0 Å². The molecule has 36 valence electrons. The molecule has 0 spiro atoms. The molecule has 2 nitrogen and oxygen atoms in total. The maximum Gasteiger partial charge on any atom is 0.343 e. The molecule has 0 aromatic heterocycles. The van der Waals surface area contributed by atoms with Crippen molar-refractivity contribution in [2.75, 3.05) is 0 Å². The monoisotopic (exact) mass is 95.1 g/mol. The van der Waals surface area contributed by atoms with Gasteiger partial charge in [0.25, 0.3) is 0 Å². The molecule has 0 aromatic carbocycles. The Morgan fingerprint density at radius 2 is 2.29 bits per heavy atom. The number of allylic oxidation sites excluding steroid dienone is 1. The van der Waals surface area contributed by atoms with Crippen LogP contribution in [0, 0.1) is 0 Å². The SMILES string of the molecule is CC1=CN=[N+]=C1C. The van der Waals surface area contributed by atoms with Crippen LogP contribution < -0.4 is 0 Å². The van der Waals surface area contributed by atoms with Crippen molar-refractivity contribution < 1.29 is 4.79 Å². The summed E-state index contributed by atoms with van der Waals surface area (Å²) in [7, 11) is 0. The van der Waals surface area contributed by atoms with E-state index in [9.17, 15) is 0 Å². The van der Waals surface area contributed by atoms with Crippen molar-refractivity contribution >= 4 is 5.71 Å². The van der Waals surface area contributed by atoms with Gasteiger partial charge in [-0.25, -0.2) is 0 Å². The summed E-state index contributed by atoms with van der Waals surface area (Å²) in [5.74, 6) is 0. The smallest absolute Gasteiger partial charge is 0.0304 e. The van der Waals surface area contributed by atoms with Crippen LogP contribution in [0.25, 0.3) is 0 Å². The molecule has 1 aliphatic heterocycles. The maximum absolute atomic E-state index is 3.77. The molecule has 0 aromatic rings. The Morgan fingerprint density at radius 3 is 2.43 bits per heavy atom. The highest BCUT2D eigenvalue weighted by Crippen LogP contribution is 1.96. The third-order valence-corrected chi connectivity index (χ3v) is 1.03. The van der Waals surface area contributed by atoms with Crippen LogP contribution in [0.2, 0.25) is 0 Å². The van der Waals surface area contributed by atoms with Crippen molar-refractivity contribution in [3.05, 3.63) is 11.8 Å². The van der Waals surface area contributed by atoms with E-state index in [4.69, 9.17) is 0 Å². The molecular formula is C5H7N2+. The van der Waals surface area contributed by atoms with E-state index in [0.717, 1.165) is 5.71 Å². The third-order valence-electron chi connectivity index (χ3n) is 1.03. The Bertz CT molecular complexity index is 171. The van der Waals surface area contributed by atoms with E-state index >= 15 is 0 Å². The van der Waals surface area contributed by atoms with Gasteiger partial charge in [0, 0.05) is 6.92 Å². The zero-order valence-electron chi connectivity index (χ0n) is 4.47. The lowest BCUT2D eigenvalue weighted by molar-refractivity contribution is -0.0735. The quantitative estimate of drug-likeness (QED) is 0.402. The first-order chi connectivity index (χ1) is 3.30. The zero-order valence-corrected chi connectivity index (χ0v) is 4.47. The van der Waals surface area contributed by atoms with Gasteiger partial charge in [-0.3, -0.25) is 0 Å². The van der Waals surface area contributed by atoms with Gasteiger partial charge in [-0.1, -0.05) is 0 Å². The van der Waals surface area contributed by atoms with Gasteiger partial charge in [-0.2, -0.15) is 0 Å². The fourth-order valence-electron chi connectivity index (χ4n) is 0.374. The van der Waals surface area contributed by atoms with Gasteiger partial charge in [-0.05, 0) is 6.92 Å². The van der Waals surface area contributed by atoms with Gasteiger partial charge >= 0.3 is 5.71 Å². The summed E-state index contributed by atoms with van der Waals surface area (Å²) in [6, 6.07) is 0. The van der Waals surface area contributed by atoms with Gasteiger partial charge in [0.05, 0.1) is 10.4 Å². The number of rotatable bonds is 0. The molecule has 0 atom stereocenters. The summed E-state index contributed by atoms with van der Waals surface area (Å²) in [4.78, 5) is 3.77. The summed E-state index contributed by atoms with van der Waals surface area (Å²) < 4.78 is 0. The van der Waals surface area contributed by atoms with Gasteiger partial charge < -0.3 is 0 Å². The number of hydrogen-bond donors (Lipinski definition) is 0. The van der Waals surface area contributed by atoms with Crippen molar-refractivity contribution in [2.45, 2.75) is 13.8 Å². The predicted molar refractivity (Wildman–Crippen MR) is 27.1 cm³/mol. The first kappa shape index (κ1) is 4.28. The predicted octanol–water partition coefficient (Wildman–Crippen LogP) is 1.03. The number of hydrogen-bond acceptors (Lipinski definition) is 1. The summed E-state index contributed by atoms with van der Waals surface area (Å²) in [6.45, 7) is 3.94. The molecule has 7 heavy (non-hydrogen) atoms. The Hall–Kier alpha value is -0.880. The fraction of sp³-hybridized carbons (Fsp3) is 0.400. The lowest BCUT2D eigenvalue weighted by atomic mass is 10.2. The molecule has 0 aliphatic carbocycles. The van der Waals surface area contributed by atoms with Crippen molar-refractivity contribution in [3.8, 4) is 0 Å². The topological polar surface area (TPSA) is 26.5 Å². The molecule has 0 N–H and O–H groups in total. The summed E-state index contributed by atoms with van der Waals surface area (Å²) in [5, 5.41) is 3.67. The zero-order chi connectivity index (χ0) is 5.28. The molecule has 0 saturated heterocycles. The van der Waals surface area contributed by atoms with Gasteiger partial charge in [0.1, 0.15) is 11.3 Å². The Labute approximate surface area is 42.3 Å². The van der Waals surface area contributed by atoms with E-state index < -0.39 is 0 Å². The summed E-state index contributed by atoms with van der Waals surface area (Å²) in [5.41, 5.74) is 2.19. The van der Waals surface area contributed by atoms with E-state index in [-0.39, 0.29) is 0 Å². The van der Waals surface area contributed by atoms with E-state index in [2.05, 4.69) is 9.90 Å². The average Bonchev–Trinajstić information content (AvgIpc) is 1.91. The van der Waals surface area contributed by atoms with E-state index in [1.807, 2.05) is 13.8 Å². The summed E-state index contributed by atoms with van der Waals surface area (Å²) in [6.07, 6.45) is 1.76. The first-order valence-corrected chi connectivity index (χ1v) is 2.22. The molecule has 2 heteroatoms. The molecule has 0 radical (unpaired) electrons. The summed E-state index contributed by atoms with van der Waals surface area (Å²) >= 11 is 0. The van der Waals surface area contributed by atoms with Crippen LogP contribution in [0.4, 0.5) is 0 Å². The van der Waals surface area contributed by atoms with Crippen LogP contribution in [0.15, 0.2) is 16.9 Å². The van der Waals surface area contributed by atoms with E-state index in [0.29, 0.717) is 0 Å². The molecule has 0 bridgehead atoms. The molecule has 0 fully saturated rings. The van der Waals surface area contributed by atoms with Gasteiger partial charge in [-0.15, -0.1) is 0 Å². The molecule has 1 rings (SSSR count). The minimum absolute atomic E-state index is 1.03. The Morgan fingerprint density at radius 1 is 1.57 bits per heavy atom. The third kappa shape index (κ3) is 0.599.